The van der Waals surface area contributed by atoms with Gasteiger partial charge < -0.3 is 10.1 Å². The number of carbonyl (C=O) groups is 1. The number of aryl methyl sites for hydroxylation is 2. The fraction of sp³-hybridized carbons (Fsp3) is 0.238. The molecule has 5 heteroatoms. The van der Waals surface area contributed by atoms with E-state index in [2.05, 4.69) is 22.5 Å². The molecular weight excluding hydrogens is 326 g/mol. The van der Waals surface area contributed by atoms with Crippen molar-refractivity contribution in [3.63, 3.8) is 0 Å². The highest BCUT2D eigenvalue weighted by atomic mass is 16.5. The predicted octanol–water partition coefficient (Wildman–Crippen LogP) is 3.57. The van der Waals surface area contributed by atoms with Crippen LogP contribution in [0.15, 0.2) is 67.0 Å². The number of benzene rings is 2. The van der Waals surface area contributed by atoms with Gasteiger partial charge in [0.1, 0.15) is 0 Å². The average Bonchev–Trinajstić information content (AvgIpc) is 3.13. The second kappa shape index (κ2) is 8.97. The Morgan fingerprint density at radius 3 is 2.65 bits per heavy atom. The van der Waals surface area contributed by atoms with Crippen LogP contribution in [0.4, 0.5) is 5.69 Å². The first-order valence-electron chi connectivity index (χ1n) is 8.71. The number of ether oxygens (including phenoxy) is 1. The van der Waals surface area contributed by atoms with Crippen molar-refractivity contribution in [2.24, 2.45) is 0 Å². The fourth-order valence-corrected chi connectivity index (χ4v) is 2.82. The minimum Gasteiger partial charge on any atom is -0.383 e. The highest BCUT2D eigenvalue weighted by Gasteiger charge is 2.12. The Kier molecular flexibility index (Phi) is 6.17. The lowest BCUT2D eigenvalue weighted by Gasteiger charge is -2.09. The first-order chi connectivity index (χ1) is 12.8. The lowest BCUT2D eigenvalue weighted by Crippen LogP contribution is -2.14. The van der Waals surface area contributed by atoms with E-state index in [0.717, 1.165) is 18.4 Å². The quantitative estimate of drug-likeness (QED) is 0.676. The van der Waals surface area contributed by atoms with Crippen LogP contribution in [0.2, 0.25) is 0 Å². The zero-order valence-electron chi connectivity index (χ0n) is 14.9. The van der Waals surface area contributed by atoms with Crippen molar-refractivity contribution in [1.29, 1.82) is 0 Å². The maximum Gasteiger partial charge on any atom is 0.256 e. The third-order valence-corrected chi connectivity index (χ3v) is 4.20. The van der Waals surface area contributed by atoms with Gasteiger partial charge in [0.05, 0.1) is 25.0 Å². The molecule has 134 valence electrons. The van der Waals surface area contributed by atoms with Crippen LogP contribution in [0.5, 0.6) is 0 Å². The molecule has 0 unspecified atom stereocenters. The van der Waals surface area contributed by atoms with E-state index in [1.165, 1.54) is 5.56 Å². The second-order valence-electron chi connectivity index (χ2n) is 6.08. The van der Waals surface area contributed by atoms with Gasteiger partial charge in [0.25, 0.3) is 5.91 Å². The number of rotatable bonds is 8. The van der Waals surface area contributed by atoms with Gasteiger partial charge in [-0.2, -0.15) is 5.10 Å². The monoisotopic (exact) mass is 349 g/mol. The van der Waals surface area contributed by atoms with E-state index >= 15 is 0 Å². The van der Waals surface area contributed by atoms with Crippen molar-refractivity contribution in [3.05, 3.63) is 83.7 Å². The van der Waals surface area contributed by atoms with Gasteiger partial charge in [-0.3, -0.25) is 9.48 Å². The van der Waals surface area contributed by atoms with Crippen LogP contribution in [0.3, 0.4) is 0 Å². The molecule has 0 bridgehead atoms. The molecule has 0 atom stereocenters. The van der Waals surface area contributed by atoms with Gasteiger partial charge in [-0.15, -0.1) is 0 Å². The Morgan fingerprint density at radius 1 is 1.08 bits per heavy atom. The summed E-state index contributed by atoms with van der Waals surface area (Å²) in [5, 5.41) is 7.15. The third kappa shape index (κ3) is 4.80. The lowest BCUT2D eigenvalue weighted by molar-refractivity contribution is 0.102. The molecule has 2 aromatic carbocycles. The van der Waals surface area contributed by atoms with Crippen LogP contribution in [-0.4, -0.2) is 29.4 Å². The number of aromatic nitrogens is 2. The van der Waals surface area contributed by atoms with Gasteiger partial charge in [-0.05, 0) is 30.0 Å². The zero-order valence-corrected chi connectivity index (χ0v) is 14.9. The van der Waals surface area contributed by atoms with Crippen LogP contribution in [-0.2, 0) is 24.1 Å². The summed E-state index contributed by atoms with van der Waals surface area (Å²) in [6, 6.07) is 18.0. The molecule has 0 aliphatic carbocycles. The van der Waals surface area contributed by atoms with E-state index in [4.69, 9.17) is 4.74 Å². The number of carbonyl (C=O) groups excluding carboxylic acids is 1. The van der Waals surface area contributed by atoms with Crippen molar-refractivity contribution in [1.82, 2.24) is 9.78 Å². The van der Waals surface area contributed by atoms with E-state index in [1.54, 1.807) is 18.0 Å². The van der Waals surface area contributed by atoms with Crippen molar-refractivity contribution < 1.29 is 9.53 Å². The van der Waals surface area contributed by atoms with E-state index in [9.17, 15) is 4.79 Å². The Hall–Kier alpha value is -2.92. The van der Waals surface area contributed by atoms with Crippen LogP contribution >= 0.6 is 0 Å². The Bertz CT molecular complexity index is 843. The summed E-state index contributed by atoms with van der Waals surface area (Å²) in [4.78, 5) is 12.7. The number of amides is 1. The second-order valence-corrected chi connectivity index (χ2v) is 6.08. The molecule has 0 spiro atoms. The maximum absolute atomic E-state index is 12.7. The molecule has 1 heterocycles. The van der Waals surface area contributed by atoms with E-state index in [1.807, 2.05) is 48.7 Å². The number of nitrogens with zero attached hydrogens (tertiary/aromatic N) is 2. The lowest BCUT2D eigenvalue weighted by atomic mass is 9.99. The first-order valence-corrected chi connectivity index (χ1v) is 8.71. The molecule has 0 radical (unpaired) electrons. The Balaban J connectivity index is 1.66. The SMILES string of the molecule is COCCn1cc(NC(=O)c2ccccc2CCc2ccccc2)cn1. The zero-order chi connectivity index (χ0) is 18.2. The van der Waals surface area contributed by atoms with E-state index in [-0.39, 0.29) is 5.91 Å². The molecule has 0 fully saturated rings. The summed E-state index contributed by atoms with van der Waals surface area (Å²) in [6.07, 6.45) is 5.18. The molecule has 1 N–H and O–H groups in total. The number of anilines is 1. The van der Waals surface area contributed by atoms with Crippen LogP contribution < -0.4 is 5.32 Å². The maximum atomic E-state index is 12.7. The number of methoxy groups -OCH3 is 1. The first kappa shape index (κ1) is 17.9. The standard InChI is InChI=1S/C21H23N3O2/c1-26-14-13-24-16-19(15-22-24)23-21(25)20-10-6-5-9-18(20)12-11-17-7-3-2-4-8-17/h2-10,15-16H,11-14H2,1H3,(H,23,25). The molecule has 1 aromatic heterocycles. The predicted molar refractivity (Wildman–Crippen MR) is 102 cm³/mol. The fourth-order valence-electron chi connectivity index (χ4n) is 2.82. The van der Waals surface area contributed by atoms with Gasteiger partial charge >= 0.3 is 0 Å². The topological polar surface area (TPSA) is 56.1 Å². The van der Waals surface area contributed by atoms with Crippen LogP contribution in [0, 0.1) is 0 Å². The summed E-state index contributed by atoms with van der Waals surface area (Å²) >= 11 is 0. The van der Waals surface area contributed by atoms with Crippen LogP contribution in [0.25, 0.3) is 0 Å². The molecule has 1 amide bonds. The molecule has 3 aromatic rings. The summed E-state index contributed by atoms with van der Waals surface area (Å²) in [5.41, 5.74) is 3.69. The minimum absolute atomic E-state index is 0.111. The largest absolute Gasteiger partial charge is 0.383 e. The van der Waals surface area contributed by atoms with Gasteiger partial charge in [0.2, 0.25) is 0 Å². The van der Waals surface area contributed by atoms with Gasteiger partial charge in [-0.25, -0.2) is 0 Å². The summed E-state index contributed by atoms with van der Waals surface area (Å²) in [6.45, 7) is 1.23. The molecule has 0 aliphatic heterocycles. The van der Waals surface area contributed by atoms with Crippen molar-refractivity contribution >= 4 is 11.6 Å². The average molecular weight is 349 g/mol. The summed E-state index contributed by atoms with van der Waals surface area (Å²) < 4.78 is 6.79. The molecule has 3 rings (SSSR count). The molecule has 0 aliphatic rings. The number of nitrogens with one attached hydrogen (secondary N) is 1. The van der Waals surface area contributed by atoms with Crippen molar-refractivity contribution in [2.45, 2.75) is 19.4 Å². The van der Waals surface area contributed by atoms with Crippen molar-refractivity contribution in [3.8, 4) is 0 Å². The van der Waals surface area contributed by atoms with Gasteiger partial charge in [0, 0.05) is 18.9 Å². The molecule has 0 saturated carbocycles. The normalized spacial score (nSPS) is 10.7. The summed E-state index contributed by atoms with van der Waals surface area (Å²) in [5.74, 6) is -0.111. The third-order valence-electron chi connectivity index (χ3n) is 4.20. The van der Waals surface area contributed by atoms with E-state index in [0.29, 0.717) is 24.4 Å². The molecule has 0 saturated heterocycles. The number of hydrogen-bond donors (Lipinski definition) is 1. The van der Waals surface area contributed by atoms with Crippen molar-refractivity contribution in [2.75, 3.05) is 19.0 Å². The summed E-state index contributed by atoms with van der Waals surface area (Å²) in [7, 11) is 1.65. The highest BCUT2D eigenvalue weighted by Crippen LogP contribution is 2.15. The highest BCUT2D eigenvalue weighted by molar-refractivity contribution is 6.05. The smallest absolute Gasteiger partial charge is 0.256 e. The Labute approximate surface area is 153 Å². The van der Waals surface area contributed by atoms with Gasteiger partial charge in [0.15, 0.2) is 0 Å². The molecular formula is C21H23N3O2. The van der Waals surface area contributed by atoms with Gasteiger partial charge in [-0.1, -0.05) is 48.5 Å². The number of hydrogen-bond acceptors (Lipinski definition) is 3. The molecule has 5 nitrogen and oxygen atoms in total. The minimum atomic E-state index is -0.111. The van der Waals surface area contributed by atoms with E-state index < -0.39 is 0 Å². The van der Waals surface area contributed by atoms with Crippen LogP contribution in [0.1, 0.15) is 21.5 Å². The molecule has 26 heavy (non-hydrogen) atoms. The Morgan fingerprint density at radius 2 is 1.85 bits per heavy atom.